The van der Waals surface area contributed by atoms with Crippen molar-refractivity contribution >= 4 is 64.6 Å². The van der Waals surface area contributed by atoms with Gasteiger partial charge in [-0.05, 0) is 239 Å². The molecular weight excluding hydrogens is 1010 g/mol. The summed E-state index contributed by atoms with van der Waals surface area (Å²) in [4.78, 5) is 0. The molecule has 0 nitrogen and oxygen atoms in total. The number of rotatable bonds is 4. The third-order valence-electron chi connectivity index (χ3n) is 19.1. The van der Waals surface area contributed by atoms with Crippen molar-refractivity contribution in [1.82, 2.24) is 0 Å². The first kappa shape index (κ1) is 51.5. The van der Waals surface area contributed by atoms with Gasteiger partial charge in [-0.3, -0.25) is 0 Å². The zero-order valence-corrected chi connectivity index (χ0v) is 48.8. The van der Waals surface area contributed by atoms with E-state index in [-0.39, 0.29) is 0 Å². The molecule has 0 heterocycles. The van der Waals surface area contributed by atoms with Crippen LogP contribution in [0.3, 0.4) is 0 Å². The van der Waals surface area contributed by atoms with E-state index in [2.05, 4.69) is 270 Å². The Morgan fingerprint density at radius 3 is 0.940 bits per heavy atom. The average Bonchev–Trinajstić information content (AvgIpc) is 1.84. The Morgan fingerprint density at radius 2 is 0.524 bits per heavy atom. The zero-order chi connectivity index (χ0) is 56.4. The molecule has 84 heavy (non-hydrogen) atoms. The highest BCUT2D eigenvalue weighted by Gasteiger charge is 2.26. The van der Waals surface area contributed by atoms with Crippen LogP contribution in [0, 0.1) is 0 Å². The van der Waals surface area contributed by atoms with Crippen molar-refractivity contribution in [2.75, 3.05) is 0 Å². The van der Waals surface area contributed by atoms with E-state index in [0.29, 0.717) is 0 Å². The van der Waals surface area contributed by atoms with Gasteiger partial charge in [-0.1, -0.05) is 258 Å². The first-order valence-corrected chi connectivity index (χ1v) is 30.8. The van der Waals surface area contributed by atoms with Crippen LogP contribution in [0.4, 0.5) is 0 Å². The van der Waals surface area contributed by atoms with Gasteiger partial charge in [0.1, 0.15) is 0 Å². The number of hydrogen-bond acceptors (Lipinski definition) is 0. The SMILES string of the molecule is CCc1c2ccccc2c(CC)c2ccccc12.CCc1c2ccccc2c(CC)c2ccccc12.c1ccc2c(c1)Cc1cc3ccc4c(c3cc1-2)-c1ccccc1C4.c1ccc2c(c1)Cc1cc3ccc4c(c3cc1-2)Cc1ccccc1-4. The molecule has 0 fully saturated rings. The molecule has 0 atom stereocenters. The molecule has 0 N–H and O–H groups in total. The van der Waals surface area contributed by atoms with E-state index in [4.69, 9.17) is 0 Å². The molecular formula is C84H68. The van der Waals surface area contributed by atoms with Crippen LogP contribution >= 0.6 is 0 Å². The maximum Gasteiger partial charge on any atom is -0.000728 e. The monoisotopic (exact) mass is 1080 g/mol. The number of benzene rings is 14. The largest absolute Gasteiger partial charge is 0.0619 e. The quantitative estimate of drug-likeness (QED) is 0.154. The summed E-state index contributed by atoms with van der Waals surface area (Å²) in [5, 5.41) is 17.0. The van der Waals surface area contributed by atoms with Gasteiger partial charge in [-0.2, -0.15) is 0 Å². The van der Waals surface area contributed by atoms with Crippen molar-refractivity contribution in [3.8, 4) is 44.5 Å². The topological polar surface area (TPSA) is 0 Å². The molecule has 4 aliphatic rings. The van der Waals surface area contributed by atoms with Crippen molar-refractivity contribution in [2.24, 2.45) is 0 Å². The molecule has 0 aromatic heterocycles. The van der Waals surface area contributed by atoms with E-state index < -0.39 is 0 Å². The third-order valence-corrected chi connectivity index (χ3v) is 19.1. The van der Waals surface area contributed by atoms with E-state index >= 15 is 0 Å². The maximum absolute atomic E-state index is 2.45. The molecule has 0 saturated heterocycles. The van der Waals surface area contributed by atoms with Crippen LogP contribution in [0.15, 0.2) is 243 Å². The fourth-order valence-corrected chi connectivity index (χ4v) is 15.3. The molecule has 0 spiro atoms. The standard InChI is InChI=1S/2C24H16.2C18H18/c1-4-8-20-15(5-1)11-18-12-17-9-10-21-19-7-3-2-6-16(19)13-24(21)22(17)14-23(18)20;1-3-7-20-15(5-1)12-19-13-17-9-10-18-11-16-6-2-4-8-21(16)24(18)23(17)14-22(19)20;2*1-3-13-15-9-5-7-11-17(15)14(4-2)18-12-8-6-10-16(13)18/h1-10,12,14H,11,13H2;1-10,13-14H,11-12H2;2*5-12H,3-4H2,1-2H3. The Bertz CT molecular complexity index is 4580. The van der Waals surface area contributed by atoms with Crippen molar-refractivity contribution in [3.05, 3.63) is 309 Å². The second-order valence-corrected chi connectivity index (χ2v) is 23.5. The minimum atomic E-state index is 1.06. The first-order chi connectivity index (χ1) is 41.5. The van der Waals surface area contributed by atoms with E-state index in [1.165, 1.54) is 176 Å². The summed E-state index contributed by atoms with van der Waals surface area (Å²) in [6.07, 6.45) is 8.61. The van der Waals surface area contributed by atoms with Crippen LogP contribution in [-0.2, 0) is 51.4 Å². The van der Waals surface area contributed by atoms with Gasteiger partial charge in [0, 0.05) is 0 Å². The van der Waals surface area contributed by atoms with E-state index in [1.54, 1.807) is 0 Å². The highest BCUT2D eigenvalue weighted by atomic mass is 14.3. The smallest absolute Gasteiger partial charge is 0.000728 e. The van der Waals surface area contributed by atoms with Crippen LogP contribution in [0.1, 0.15) is 94.5 Å². The van der Waals surface area contributed by atoms with Gasteiger partial charge in [0.25, 0.3) is 0 Å². The average molecular weight is 1080 g/mol. The Kier molecular flexibility index (Phi) is 13.1. The minimum Gasteiger partial charge on any atom is -0.0619 e. The Labute approximate surface area is 494 Å². The van der Waals surface area contributed by atoms with E-state index in [9.17, 15) is 0 Å². The molecule has 0 unspecified atom stereocenters. The summed E-state index contributed by atoms with van der Waals surface area (Å²) in [7, 11) is 0. The lowest BCUT2D eigenvalue weighted by Crippen LogP contribution is -1.93. The summed E-state index contributed by atoms with van der Waals surface area (Å²) >= 11 is 0. The lowest BCUT2D eigenvalue weighted by Gasteiger charge is -2.14. The molecule has 0 aliphatic heterocycles. The molecule has 4 aliphatic carbocycles. The van der Waals surface area contributed by atoms with Crippen molar-refractivity contribution in [3.63, 3.8) is 0 Å². The lowest BCUT2D eigenvalue weighted by atomic mass is 9.90. The molecule has 14 aromatic rings. The number of hydrogen-bond donors (Lipinski definition) is 0. The van der Waals surface area contributed by atoms with Gasteiger partial charge in [-0.15, -0.1) is 0 Å². The van der Waals surface area contributed by atoms with Crippen LogP contribution < -0.4 is 0 Å². The van der Waals surface area contributed by atoms with Crippen LogP contribution in [0.2, 0.25) is 0 Å². The zero-order valence-electron chi connectivity index (χ0n) is 48.8. The Balaban J connectivity index is 0.0000000963. The summed E-state index contributed by atoms with van der Waals surface area (Å²) in [6, 6.07) is 89.6. The lowest BCUT2D eigenvalue weighted by molar-refractivity contribution is 1.15. The molecule has 18 rings (SSSR count). The van der Waals surface area contributed by atoms with Gasteiger partial charge < -0.3 is 0 Å². The van der Waals surface area contributed by atoms with E-state index in [1.807, 2.05) is 0 Å². The number of aryl methyl sites for hydroxylation is 4. The molecule has 0 bridgehead atoms. The maximum atomic E-state index is 2.45. The van der Waals surface area contributed by atoms with Crippen LogP contribution in [-0.4, -0.2) is 0 Å². The second-order valence-electron chi connectivity index (χ2n) is 23.5. The summed E-state index contributed by atoms with van der Waals surface area (Å²) in [5.74, 6) is 0. The molecule has 14 aromatic carbocycles. The van der Waals surface area contributed by atoms with Crippen LogP contribution in [0.5, 0.6) is 0 Å². The molecule has 0 amide bonds. The summed E-state index contributed by atoms with van der Waals surface area (Å²) in [6.45, 7) is 9.00. The highest BCUT2D eigenvalue weighted by molar-refractivity contribution is 6.08. The fraction of sp³-hybridized carbons (Fsp3) is 0.143. The van der Waals surface area contributed by atoms with Gasteiger partial charge in [0.15, 0.2) is 0 Å². The van der Waals surface area contributed by atoms with E-state index in [0.717, 1.165) is 51.4 Å². The molecule has 404 valence electrons. The number of fused-ring (bicyclic) bond motifs is 20. The third kappa shape index (κ3) is 8.56. The Morgan fingerprint density at radius 1 is 0.214 bits per heavy atom. The Hall–Kier alpha value is -9.36. The fourth-order valence-electron chi connectivity index (χ4n) is 15.3. The summed E-state index contributed by atoms with van der Waals surface area (Å²) in [5.41, 5.74) is 29.1. The molecule has 0 radical (unpaired) electrons. The van der Waals surface area contributed by atoms with Gasteiger partial charge in [-0.25, -0.2) is 0 Å². The normalized spacial score (nSPS) is 12.5. The molecule has 0 heteroatoms. The van der Waals surface area contributed by atoms with Gasteiger partial charge in [0.05, 0.1) is 0 Å². The van der Waals surface area contributed by atoms with Crippen molar-refractivity contribution < 1.29 is 0 Å². The predicted molar refractivity (Wildman–Crippen MR) is 361 cm³/mol. The summed E-state index contributed by atoms with van der Waals surface area (Å²) < 4.78 is 0. The van der Waals surface area contributed by atoms with Crippen LogP contribution in [0.25, 0.3) is 109 Å². The van der Waals surface area contributed by atoms with Gasteiger partial charge in [0.2, 0.25) is 0 Å². The molecule has 0 saturated carbocycles. The van der Waals surface area contributed by atoms with Crippen molar-refractivity contribution in [1.29, 1.82) is 0 Å². The predicted octanol–water partition coefficient (Wildman–Crippen LogP) is 22.2. The second kappa shape index (κ2) is 21.4. The minimum absolute atomic E-state index is 1.06. The first-order valence-electron chi connectivity index (χ1n) is 30.8. The van der Waals surface area contributed by atoms with Crippen molar-refractivity contribution in [2.45, 2.75) is 79.1 Å². The highest BCUT2D eigenvalue weighted by Crippen LogP contribution is 2.47. The van der Waals surface area contributed by atoms with Gasteiger partial charge >= 0.3 is 0 Å².